The summed E-state index contributed by atoms with van der Waals surface area (Å²) in [6, 6.07) is 0. The molecule has 24 heavy (non-hydrogen) atoms. The quantitative estimate of drug-likeness (QED) is 0.473. The summed E-state index contributed by atoms with van der Waals surface area (Å²) in [7, 11) is 0. The van der Waals surface area contributed by atoms with Crippen LogP contribution < -0.4 is 0 Å². The van der Waals surface area contributed by atoms with Gasteiger partial charge in [-0.2, -0.15) is 0 Å². The van der Waals surface area contributed by atoms with Crippen LogP contribution in [-0.4, -0.2) is 28.9 Å². The number of cyclic esters (lactones) is 1. The maximum absolute atomic E-state index is 11.6. The highest BCUT2D eigenvalue weighted by molar-refractivity contribution is 5.94. The Hall–Kier alpha value is -1.39. The molecule has 3 aliphatic rings. The second-order valence-electron chi connectivity index (χ2n) is 8.13. The highest BCUT2D eigenvalue weighted by Crippen LogP contribution is 2.61. The van der Waals surface area contributed by atoms with Gasteiger partial charge in [0.05, 0.1) is 24.5 Å². The molecule has 1 aliphatic heterocycles. The molecule has 0 aromatic heterocycles. The average Bonchev–Trinajstić information content (AvgIpc) is 2.96. The fourth-order valence-corrected chi connectivity index (χ4v) is 5.34. The molecule has 4 heteroatoms. The zero-order valence-corrected chi connectivity index (χ0v) is 14.6. The lowest BCUT2D eigenvalue weighted by Gasteiger charge is -2.59. The first-order valence-corrected chi connectivity index (χ1v) is 8.87. The number of ether oxygens (including phenoxy) is 1. The topological polar surface area (TPSA) is 66.8 Å². The van der Waals surface area contributed by atoms with Gasteiger partial charge in [0.2, 0.25) is 0 Å². The van der Waals surface area contributed by atoms with Gasteiger partial charge < -0.3 is 14.9 Å². The number of carbonyl (C=O) groups is 1. The second kappa shape index (κ2) is 6.16. The van der Waals surface area contributed by atoms with Crippen LogP contribution >= 0.6 is 0 Å². The van der Waals surface area contributed by atoms with Crippen LogP contribution in [0.3, 0.4) is 0 Å². The Morgan fingerprint density at radius 1 is 1.42 bits per heavy atom. The smallest absolute Gasteiger partial charge is 0.342 e. The van der Waals surface area contributed by atoms with Crippen LogP contribution in [0.15, 0.2) is 36.1 Å². The normalized spacial score (nSPS) is 43.8. The predicted molar refractivity (Wildman–Crippen MR) is 91.8 cm³/mol. The number of allylic oxidation sites excluding steroid dienone is 2. The summed E-state index contributed by atoms with van der Waals surface area (Å²) in [4.78, 5) is 11.6. The van der Waals surface area contributed by atoms with Crippen molar-refractivity contribution in [2.24, 2.45) is 22.7 Å². The summed E-state index contributed by atoms with van der Waals surface area (Å²) in [5.41, 5.74) is 1.34. The Kier molecular flexibility index (Phi) is 4.47. The third kappa shape index (κ3) is 2.56. The van der Waals surface area contributed by atoms with E-state index in [1.807, 2.05) is 13.0 Å². The molecule has 2 fully saturated rings. The van der Waals surface area contributed by atoms with E-state index in [1.54, 1.807) is 6.08 Å². The Morgan fingerprint density at radius 2 is 2.17 bits per heavy atom. The van der Waals surface area contributed by atoms with E-state index in [9.17, 15) is 15.0 Å². The first kappa shape index (κ1) is 17.4. The van der Waals surface area contributed by atoms with Gasteiger partial charge >= 0.3 is 5.97 Å². The highest BCUT2D eigenvalue weighted by Gasteiger charge is 2.57. The van der Waals surface area contributed by atoms with E-state index in [4.69, 9.17) is 4.74 Å². The summed E-state index contributed by atoms with van der Waals surface area (Å²) in [5, 5.41) is 20.5. The molecule has 5 atom stereocenters. The first-order valence-electron chi connectivity index (χ1n) is 8.87. The van der Waals surface area contributed by atoms with Crippen molar-refractivity contribution in [1.82, 2.24) is 0 Å². The molecule has 0 bridgehead atoms. The van der Waals surface area contributed by atoms with Gasteiger partial charge in [0.1, 0.15) is 0 Å². The molecule has 2 unspecified atom stereocenters. The van der Waals surface area contributed by atoms with Crippen molar-refractivity contribution in [1.29, 1.82) is 0 Å². The SMILES string of the molecule is C=C1CC[C@H]2[C@@](C)(CCC(O)[C@@]2(C)CO)C1CC=C1C=COC1=O. The van der Waals surface area contributed by atoms with Crippen LogP contribution in [-0.2, 0) is 9.53 Å². The molecule has 2 N–H and O–H groups in total. The van der Waals surface area contributed by atoms with E-state index < -0.39 is 11.5 Å². The minimum atomic E-state index is -0.467. The Morgan fingerprint density at radius 3 is 2.79 bits per heavy atom. The maximum Gasteiger partial charge on any atom is 0.342 e. The van der Waals surface area contributed by atoms with Crippen LogP contribution in [0.4, 0.5) is 0 Å². The van der Waals surface area contributed by atoms with Gasteiger partial charge in [-0.25, -0.2) is 4.79 Å². The Bertz CT molecular complexity index is 605. The molecule has 0 amide bonds. The highest BCUT2D eigenvalue weighted by atomic mass is 16.5. The van der Waals surface area contributed by atoms with Crippen molar-refractivity contribution >= 4 is 5.97 Å². The Balaban J connectivity index is 1.89. The summed E-state index contributed by atoms with van der Waals surface area (Å²) in [5.74, 6) is 0.208. The van der Waals surface area contributed by atoms with Crippen molar-refractivity contribution in [3.8, 4) is 0 Å². The minimum Gasteiger partial charge on any atom is -0.431 e. The monoisotopic (exact) mass is 332 g/mol. The molecule has 0 aromatic carbocycles. The van der Waals surface area contributed by atoms with Crippen LogP contribution in [0.2, 0.25) is 0 Å². The number of rotatable bonds is 3. The molecule has 0 radical (unpaired) electrons. The van der Waals surface area contributed by atoms with Crippen molar-refractivity contribution in [3.63, 3.8) is 0 Å². The van der Waals surface area contributed by atoms with Crippen LogP contribution in [0, 0.1) is 22.7 Å². The molecule has 2 saturated carbocycles. The summed E-state index contributed by atoms with van der Waals surface area (Å²) in [6.07, 6.45) is 8.86. The van der Waals surface area contributed by atoms with E-state index >= 15 is 0 Å². The molecule has 0 spiro atoms. The van der Waals surface area contributed by atoms with Gasteiger partial charge in [-0.05, 0) is 55.4 Å². The maximum atomic E-state index is 11.6. The van der Waals surface area contributed by atoms with Gasteiger partial charge in [-0.15, -0.1) is 0 Å². The number of esters is 1. The van der Waals surface area contributed by atoms with E-state index in [0.29, 0.717) is 12.0 Å². The van der Waals surface area contributed by atoms with E-state index in [2.05, 4.69) is 13.5 Å². The summed E-state index contributed by atoms with van der Waals surface area (Å²) >= 11 is 0. The van der Waals surface area contributed by atoms with Gasteiger partial charge in [0, 0.05) is 5.41 Å². The fourth-order valence-electron chi connectivity index (χ4n) is 5.34. The Labute approximate surface area is 143 Å². The molecular formula is C20H28O4. The fraction of sp³-hybridized carbons (Fsp3) is 0.650. The standard InChI is InChI=1S/C20H28O4/c1-13-4-7-16-19(2,10-8-17(22)20(16,3)12-21)15(13)6-5-14-9-11-24-18(14)23/h5,9,11,15-17,21-22H,1,4,6-8,10,12H2,2-3H3/t15?,16-,17?,19-,20-/m0/s1. The number of aliphatic hydroxyl groups excluding tert-OH is 2. The third-order valence-corrected chi connectivity index (χ3v) is 6.93. The molecule has 4 nitrogen and oxygen atoms in total. The lowest BCUT2D eigenvalue weighted by atomic mass is 9.46. The van der Waals surface area contributed by atoms with Gasteiger partial charge in [-0.1, -0.05) is 32.1 Å². The number of hydrogen-bond donors (Lipinski definition) is 2. The van der Waals surface area contributed by atoms with Crippen LogP contribution in [0.5, 0.6) is 0 Å². The molecular weight excluding hydrogens is 304 g/mol. The minimum absolute atomic E-state index is 0.00374. The summed E-state index contributed by atoms with van der Waals surface area (Å²) < 4.78 is 4.85. The molecule has 2 aliphatic carbocycles. The number of hydrogen-bond acceptors (Lipinski definition) is 4. The largest absolute Gasteiger partial charge is 0.431 e. The summed E-state index contributed by atoms with van der Waals surface area (Å²) in [6.45, 7) is 8.59. The zero-order valence-electron chi connectivity index (χ0n) is 14.6. The molecule has 1 heterocycles. The van der Waals surface area contributed by atoms with Crippen molar-refractivity contribution in [2.45, 2.75) is 52.1 Å². The third-order valence-electron chi connectivity index (χ3n) is 6.93. The number of aliphatic hydroxyl groups is 2. The molecule has 0 saturated heterocycles. The van der Waals surface area contributed by atoms with Crippen LogP contribution in [0.25, 0.3) is 0 Å². The van der Waals surface area contributed by atoms with Crippen LogP contribution in [0.1, 0.15) is 46.0 Å². The van der Waals surface area contributed by atoms with Gasteiger partial charge in [0.25, 0.3) is 0 Å². The number of carbonyl (C=O) groups excluding carboxylic acids is 1. The van der Waals surface area contributed by atoms with Crippen molar-refractivity contribution in [3.05, 3.63) is 36.1 Å². The van der Waals surface area contributed by atoms with Gasteiger partial charge in [0.15, 0.2) is 0 Å². The molecule has 132 valence electrons. The van der Waals surface area contributed by atoms with E-state index in [0.717, 1.165) is 25.7 Å². The van der Waals surface area contributed by atoms with Crippen molar-refractivity contribution < 1.29 is 19.7 Å². The van der Waals surface area contributed by atoms with E-state index in [1.165, 1.54) is 11.8 Å². The van der Waals surface area contributed by atoms with E-state index in [-0.39, 0.29) is 29.8 Å². The second-order valence-corrected chi connectivity index (χ2v) is 8.13. The number of fused-ring (bicyclic) bond motifs is 1. The molecule has 0 aromatic rings. The lowest BCUT2D eigenvalue weighted by Crippen LogP contribution is -2.57. The zero-order chi connectivity index (χ0) is 17.5. The lowest BCUT2D eigenvalue weighted by molar-refractivity contribution is -0.151. The van der Waals surface area contributed by atoms with Gasteiger partial charge in [-0.3, -0.25) is 0 Å². The average molecular weight is 332 g/mol. The van der Waals surface area contributed by atoms with Crippen molar-refractivity contribution in [2.75, 3.05) is 6.61 Å². The predicted octanol–water partition coefficient (Wildman–Crippen LogP) is 3.12. The molecule has 3 rings (SSSR count). The first-order chi connectivity index (χ1) is 11.3.